The minimum atomic E-state index is -0.432. The van der Waals surface area contributed by atoms with Crippen molar-refractivity contribution < 1.29 is 38.1 Å². The standard InChI is InChI=1S/C31H43N5O8/c1-5-35(21-30(38)40-3)25-13-9-10-14-27(25)43-17-18-44-29-20-28(42-16-12-8-7-11-15-33-34-32)24(23-37)19-26(29)36(6-2)22-31(39)41-4/h9-10,13-14,19-20,23H,5-8,11-12,15-18,21-22H2,1-4H3. The van der Waals surface area contributed by atoms with Crippen LogP contribution in [0.4, 0.5) is 11.4 Å². The average molecular weight is 614 g/mol. The van der Waals surface area contributed by atoms with Crippen molar-refractivity contribution in [2.45, 2.75) is 39.5 Å². The number of para-hydroxylation sites is 2. The van der Waals surface area contributed by atoms with Gasteiger partial charge in [0, 0.05) is 30.6 Å². The van der Waals surface area contributed by atoms with Gasteiger partial charge in [0.15, 0.2) is 6.29 Å². The molecule has 0 bridgehead atoms. The lowest BCUT2D eigenvalue weighted by atomic mass is 10.1. The molecule has 0 unspecified atom stereocenters. The quantitative estimate of drug-likeness (QED) is 0.0432. The summed E-state index contributed by atoms with van der Waals surface area (Å²) < 4.78 is 27.8. The highest BCUT2D eigenvalue weighted by Crippen LogP contribution is 2.36. The maximum Gasteiger partial charge on any atom is 0.325 e. The molecule has 0 aliphatic carbocycles. The normalized spacial score (nSPS) is 10.3. The lowest BCUT2D eigenvalue weighted by Gasteiger charge is -2.26. The third kappa shape index (κ3) is 11.6. The molecule has 0 spiro atoms. The van der Waals surface area contributed by atoms with Crippen LogP contribution in [0.1, 0.15) is 49.9 Å². The summed E-state index contributed by atoms with van der Waals surface area (Å²) in [6.45, 7) is 6.08. The maximum absolute atomic E-state index is 12.1. The molecule has 44 heavy (non-hydrogen) atoms. The van der Waals surface area contributed by atoms with Crippen LogP contribution in [0.2, 0.25) is 0 Å². The zero-order chi connectivity index (χ0) is 32.2. The highest BCUT2D eigenvalue weighted by molar-refractivity contribution is 5.85. The smallest absolute Gasteiger partial charge is 0.325 e. The molecule has 240 valence electrons. The Kier molecular flexibility index (Phi) is 16.4. The van der Waals surface area contributed by atoms with Crippen LogP contribution in [0.15, 0.2) is 41.5 Å². The highest BCUT2D eigenvalue weighted by Gasteiger charge is 2.20. The number of hydrogen-bond donors (Lipinski definition) is 0. The first kappa shape index (κ1) is 35.6. The number of benzene rings is 2. The van der Waals surface area contributed by atoms with Crippen LogP contribution in [0, 0.1) is 0 Å². The molecule has 0 atom stereocenters. The summed E-state index contributed by atoms with van der Waals surface area (Å²) in [6.07, 6.45) is 4.06. The lowest BCUT2D eigenvalue weighted by Crippen LogP contribution is -2.31. The number of carbonyl (C=O) groups is 3. The Hall–Kier alpha value is -4.64. The van der Waals surface area contributed by atoms with Gasteiger partial charge < -0.3 is 33.5 Å². The van der Waals surface area contributed by atoms with Crippen LogP contribution in [-0.4, -0.2) is 85.0 Å². The van der Waals surface area contributed by atoms with Crippen LogP contribution in [0.3, 0.4) is 0 Å². The number of ether oxygens (including phenoxy) is 5. The molecule has 2 aromatic rings. The second-order valence-electron chi connectivity index (χ2n) is 9.54. The molecule has 13 heteroatoms. The van der Waals surface area contributed by atoms with E-state index in [9.17, 15) is 14.4 Å². The van der Waals surface area contributed by atoms with Gasteiger partial charge in [0.2, 0.25) is 0 Å². The van der Waals surface area contributed by atoms with E-state index in [0.717, 1.165) is 31.4 Å². The number of hydrogen-bond acceptors (Lipinski definition) is 11. The fourth-order valence-corrected chi connectivity index (χ4v) is 4.33. The molecule has 13 nitrogen and oxygen atoms in total. The van der Waals surface area contributed by atoms with Crippen molar-refractivity contribution in [2.24, 2.45) is 5.11 Å². The summed E-state index contributed by atoms with van der Waals surface area (Å²) in [5.41, 5.74) is 10.00. The van der Waals surface area contributed by atoms with E-state index in [1.807, 2.05) is 43.0 Å². The fourth-order valence-electron chi connectivity index (χ4n) is 4.33. The van der Waals surface area contributed by atoms with E-state index in [-0.39, 0.29) is 32.3 Å². The van der Waals surface area contributed by atoms with Gasteiger partial charge in [0.25, 0.3) is 0 Å². The lowest BCUT2D eigenvalue weighted by molar-refractivity contribution is -0.139. The van der Waals surface area contributed by atoms with Crippen molar-refractivity contribution in [3.05, 3.63) is 52.4 Å². The number of aldehydes is 1. The van der Waals surface area contributed by atoms with Crippen molar-refractivity contribution in [2.75, 3.05) is 76.6 Å². The van der Waals surface area contributed by atoms with Crippen molar-refractivity contribution in [3.8, 4) is 17.2 Å². The minimum Gasteiger partial charge on any atom is -0.493 e. The summed E-state index contributed by atoms with van der Waals surface area (Å²) in [4.78, 5) is 42.4. The third-order valence-corrected chi connectivity index (χ3v) is 6.70. The molecule has 2 aromatic carbocycles. The van der Waals surface area contributed by atoms with Gasteiger partial charge >= 0.3 is 11.9 Å². The second kappa shape index (κ2) is 20.3. The SMILES string of the molecule is CCN(CC(=O)OC)c1ccccc1OCCOc1cc(OCCCCCCN=[N+]=[N-])c(C=O)cc1N(CC)CC(=O)OC. The molecule has 0 amide bonds. The Morgan fingerprint density at radius 1 is 0.795 bits per heavy atom. The molecule has 0 N–H and O–H groups in total. The molecule has 0 saturated carbocycles. The number of esters is 2. The zero-order valence-corrected chi connectivity index (χ0v) is 26.0. The van der Waals surface area contributed by atoms with Crippen LogP contribution in [0.5, 0.6) is 17.2 Å². The Bertz CT molecular complexity index is 1250. The van der Waals surface area contributed by atoms with Crippen molar-refractivity contribution in [1.29, 1.82) is 0 Å². The molecule has 0 heterocycles. The molecule has 0 aromatic heterocycles. The summed E-state index contributed by atoms with van der Waals surface area (Å²) in [5, 5.41) is 3.54. The first-order valence-corrected chi connectivity index (χ1v) is 14.7. The number of unbranched alkanes of at least 4 members (excludes halogenated alkanes) is 3. The number of likely N-dealkylation sites (N-methyl/N-ethyl adjacent to an activating group) is 2. The van der Waals surface area contributed by atoms with E-state index < -0.39 is 5.97 Å². The van der Waals surface area contributed by atoms with E-state index in [2.05, 4.69) is 10.0 Å². The summed E-state index contributed by atoms with van der Waals surface area (Å²) in [6, 6.07) is 10.7. The molecule has 0 radical (unpaired) electrons. The monoisotopic (exact) mass is 613 g/mol. The minimum absolute atomic E-state index is 0.0331. The number of methoxy groups -OCH3 is 2. The Morgan fingerprint density at radius 3 is 2.00 bits per heavy atom. The van der Waals surface area contributed by atoms with Gasteiger partial charge in [-0.05, 0) is 50.4 Å². The average Bonchev–Trinajstić information content (AvgIpc) is 3.05. The van der Waals surface area contributed by atoms with Gasteiger partial charge in [-0.25, -0.2) is 0 Å². The van der Waals surface area contributed by atoms with Gasteiger partial charge in [-0.3, -0.25) is 14.4 Å². The largest absolute Gasteiger partial charge is 0.493 e. The summed E-state index contributed by atoms with van der Waals surface area (Å²) in [5.74, 6) is 0.589. The summed E-state index contributed by atoms with van der Waals surface area (Å²) >= 11 is 0. The van der Waals surface area contributed by atoms with Crippen molar-refractivity contribution >= 4 is 29.6 Å². The van der Waals surface area contributed by atoms with Crippen LogP contribution < -0.4 is 24.0 Å². The molecular weight excluding hydrogens is 570 g/mol. The maximum atomic E-state index is 12.1. The van der Waals surface area contributed by atoms with E-state index in [4.69, 9.17) is 29.2 Å². The first-order chi connectivity index (χ1) is 21.4. The predicted octanol–water partition coefficient (Wildman–Crippen LogP) is 5.21. The summed E-state index contributed by atoms with van der Waals surface area (Å²) in [7, 11) is 2.67. The van der Waals surface area contributed by atoms with Crippen molar-refractivity contribution in [1.82, 2.24) is 0 Å². The van der Waals surface area contributed by atoms with Crippen LogP contribution in [0.25, 0.3) is 10.4 Å². The number of anilines is 2. The van der Waals surface area contributed by atoms with Gasteiger partial charge in [0.05, 0.1) is 37.8 Å². The molecular formula is C31H43N5O8. The second-order valence-corrected chi connectivity index (χ2v) is 9.54. The zero-order valence-electron chi connectivity index (χ0n) is 26.0. The van der Waals surface area contributed by atoms with Gasteiger partial charge in [-0.1, -0.05) is 30.1 Å². The third-order valence-electron chi connectivity index (χ3n) is 6.70. The Balaban J connectivity index is 2.19. The van der Waals surface area contributed by atoms with Crippen molar-refractivity contribution in [3.63, 3.8) is 0 Å². The topological polar surface area (TPSA) is 153 Å². The highest BCUT2D eigenvalue weighted by atomic mass is 16.5. The first-order valence-electron chi connectivity index (χ1n) is 14.7. The Morgan fingerprint density at radius 2 is 1.39 bits per heavy atom. The number of azide groups is 1. The number of carbonyl (C=O) groups excluding carboxylic acids is 3. The molecule has 0 fully saturated rings. The van der Waals surface area contributed by atoms with E-state index in [1.54, 1.807) is 17.0 Å². The number of nitrogens with zero attached hydrogens (tertiary/aromatic N) is 5. The van der Waals surface area contributed by atoms with Gasteiger partial charge in [-0.15, -0.1) is 0 Å². The molecule has 2 rings (SSSR count). The van der Waals surface area contributed by atoms with E-state index in [0.29, 0.717) is 61.0 Å². The van der Waals surface area contributed by atoms with Crippen LogP contribution in [-0.2, 0) is 19.1 Å². The van der Waals surface area contributed by atoms with Gasteiger partial charge in [0.1, 0.15) is 43.6 Å². The van der Waals surface area contributed by atoms with Crippen LogP contribution >= 0.6 is 0 Å². The molecule has 0 aliphatic heterocycles. The predicted molar refractivity (Wildman–Crippen MR) is 167 cm³/mol. The van der Waals surface area contributed by atoms with Gasteiger partial charge in [-0.2, -0.15) is 0 Å². The fraction of sp³-hybridized carbons (Fsp3) is 0.516. The Labute approximate surface area is 258 Å². The molecule has 0 aliphatic rings. The van der Waals surface area contributed by atoms with E-state index >= 15 is 0 Å². The number of rotatable bonds is 22. The molecule has 0 saturated heterocycles. The van der Waals surface area contributed by atoms with E-state index in [1.165, 1.54) is 14.2 Å².